The fraction of sp³-hybridized carbons (Fsp3) is 0.543. The van der Waals surface area contributed by atoms with Crippen molar-refractivity contribution in [1.29, 1.82) is 0 Å². The van der Waals surface area contributed by atoms with Crippen molar-refractivity contribution in [2.24, 2.45) is 0 Å². The molecule has 2 atom stereocenters. The predicted molar refractivity (Wildman–Crippen MR) is 185 cm³/mol. The molecule has 0 spiro atoms. The van der Waals surface area contributed by atoms with Crippen LogP contribution in [0.5, 0.6) is 5.75 Å². The standard InChI is InChI=1S/C35H50ClN3O6S/c1-7-8-9-10-11-12-13-14-15-16-17-24(2)30-23-31(36)25(3)22-32(30)44-27(5)45-35(41)37-33-26(4)34(40)39(38-33)28-18-20-29(21-19-28)46(6,42)43/h18-24,27,38H,7-17H2,1-6H3,(H,37,41). The first-order valence-electron chi connectivity index (χ1n) is 16.4. The molecule has 1 aromatic heterocycles. The van der Waals surface area contributed by atoms with E-state index in [1.807, 2.05) is 19.1 Å². The number of rotatable bonds is 18. The van der Waals surface area contributed by atoms with Gasteiger partial charge in [0.05, 0.1) is 16.1 Å². The summed E-state index contributed by atoms with van der Waals surface area (Å²) in [7, 11) is -3.38. The number of ether oxygens (including phenoxy) is 2. The molecule has 0 aliphatic rings. The quantitative estimate of drug-likeness (QED) is 0.102. The second kappa shape index (κ2) is 17.6. The summed E-state index contributed by atoms with van der Waals surface area (Å²) in [6, 6.07) is 9.67. The number of amides is 1. The molecule has 0 saturated carbocycles. The maximum absolute atomic E-state index is 12.8. The van der Waals surface area contributed by atoms with Gasteiger partial charge < -0.3 is 9.47 Å². The molecule has 0 radical (unpaired) electrons. The Kier molecular flexibility index (Phi) is 14.3. The second-order valence-corrected chi connectivity index (χ2v) is 14.7. The van der Waals surface area contributed by atoms with Gasteiger partial charge in [-0.15, -0.1) is 0 Å². The summed E-state index contributed by atoms with van der Waals surface area (Å²) in [5, 5.41) is 6.09. The average molecular weight is 676 g/mol. The number of sulfone groups is 1. The number of halogens is 1. The van der Waals surface area contributed by atoms with Crippen LogP contribution in [0.1, 0.15) is 114 Å². The largest absolute Gasteiger partial charge is 0.455 e. The third-order valence-electron chi connectivity index (χ3n) is 8.25. The van der Waals surface area contributed by atoms with Gasteiger partial charge in [-0.3, -0.25) is 15.2 Å². The molecular formula is C35H50ClN3O6S. The van der Waals surface area contributed by atoms with Gasteiger partial charge in [0.15, 0.2) is 9.84 Å². The highest BCUT2D eigenvalue weighted by atomic mass is 35.5. The first-order valence-corrected chi connectivity index (χ1v) is 18.6. The van der Waals surface area contributed by atoms with Gasteiger partial charge >= 0.3 is 6.09 Å². The Morgan fingerprint density at radius 1 is 0.957 bits per heavy atom. The number of carbonyl (C=O) groups is 1. The molecule has 11 heteroatoms. The Balaban J connectivity index is 1.56. The Labute approximate surface area is 278 Å². The van der Waals surface area contributed by atoms with E-state index in [0.717, 1.165) is 30.2 Å². The summed E-state index contributed by atoms with van der Waals surface area (Å²) in [6.07, 6.45) is 13.2. The highest BCUT2D eigenvalue weighted by molar-refractivity contribution is 7.90. The number of aromatic amines is 1. The van der Waals surface area contributed by atoms with Crippen LogP contribution < -0.4 is 15.6 Å². The van der Waals surface area contributed by atoms with Crippen molar-refractivity contribution in [2.75, 3.05) is 11.6 Å². The number of H-pyrrole nitrogens is 1. The zero-order chi connectivity index (χ0) is 33.9. The lowest BCUT2D eigenvalue weighted by molar-refractivity contribution is -0.0127. The van der Waals surface area contributed by atoms with Crippen molar-refractivity contribution in [3.63, 3.8) is 0 Å². The van der Waals surface area contributed by atoms with Crippen molar-refractivity contribution in [1.82, 2.24) is 9.78 Å². The molecule has 0 bridgehead atoms. The van der Waals surface area contributed by atoms with E-state index < -0.39 is 27.8 Å². The number of aromatic nitrogens is 2. The number of nitrogens with zero attached hydrogens (tertiary/aromatic N) is 1. The van der Waals surface area contributed by atoms with Crippen molar-refractivity contribution in [3.05, 3.63) is 68.5 Å². The molecule has 1 amide bonds. The lowest BCUT2D eigenvalue weighted by atomic mass is 9.93. The van der Waals surface area contributed by atoms with E-state index in [4.69, 9.17) is 21.1 Å². The zero-order valence-corrected chi connectivity index (χ0v) is 29.7. The van der Waals surface area contributed by atoms with Gasteiger partial charge in [0.2, 0.25) is 6.29 Å². The minimum atomic E-state index is -3.38. The van der Waals surface area contributed by atoms with Crippen molar-refractivity contribution >= 4 is 33.3 Å². The summed E-state index contributed by atoms with van der Waals surface area (Å²) in [5.74, 6) is 0.986. The first kappa shape index (κ1) is 37.2. The zero-order valence-electron chi connectivity index (χ0n) is 28.1. The van der Waals surface area contributed by atoms with Gasteiger partial charge in [-0.2, -0.15) is 0 Å². The van der Waals surface area contributed by atoms with E-state index in [2.05, 4.69) is 24.3 Å². The number of nitrogens with one attached hydrogen (secondary N) is 2. The summed E-state index contributed by atoms with van der Waals surface area (Å²) in [6.45, 7) is 9.51. The Bertz CT molecular complexity index is 1600. The van der Waals surface area contributed by atoms with E-state index >= 15 is 0 Å². The number of unbranched alkanes of at least 4 members (excludes halogenated alkanes) is 9. The van der Waals surface area contributed by atoms with Crippen molar-refractivity contribution < 1.29 is 22.7 Å². The maximum Gasteiger partial charge on any atom is 0.415 e. The maximum atomic E-state index is 12.8. The lowest BCUT2D eigenvalue weighted by Gasteiger charge is -2.22. The normalized spacial score (nSPS) is 12.9. The van der Waals surface area contributed by atoms with E-state index in [1.54, 1.807) is 13.8 Å². The van der Waals surface area contributed by atoms with Gasteiger partial charge in [0, 0.05) is 18.2 Å². The molecule has 2 unspecified atom stereocenters. The number of anilines is 1. The topological polar surface area (TPSA) is 119 Å². The molecule has 0 saturated heterocycles. The van der Waals surface area contributed by atoms with Crippen molar-refractivity contribution in [2.45, 2.75) is 122 Å². The van der Waals surface area contributed by atoms with Crippen LogP contribution in [0.2, 0.25) is 5.02 Å². The van der Waals surface area contributed by atoms with Gasteiger partial charge in [0.1, 0.15) is 11.6 Å². The fourth-order valence-electron chi connectivity index (χ4n) is 5.40. The molecule has 0 aliphatic heterocycles. The molecule has 3 rings (SSSR count). The SMILES string of the molecule is CCCCCCCCCCCCC(C)c1cc(Cl)c(C)cc1OC(C)OC(=O)Nc1[nH]n(-c2ccc(S(C)(=O)=O)cc2)c(=O)c1C. The van der Waals surface area contributed by atoms with Crippen LogP contribution >= 0.6 is 11.6 Å². The van der Waals surface area contributed by atoms with Crippen molar-refractivity contribution in [3.8, 4) is 11.4 Å². The molecule has 0 fully saturated rings. The number of aryl methyl sites for hydroxylation is 1. The van der Waals surface area contributed by atoms with E-state index in [9.17, 15) is 18.0 Å². The minimum absolute atomic E-state index is 0.135. The second-order valence-electron chi connectivity index (χ2n) is 12.2. The Morgan fingerprint density at radius 2 is 1.54 bits per heavy atom. The third kappa shape index (κ3) is 10.9. The number of carbonyl (C=O) groups excluding carboxylic acids is 1. The summed E-state index contributed by atoms with van der Waals surface area (Å²) >= 11 is 6.50. The average Bonchev–Trinajstić information content (AvgIpc) is 3.27. The monoisotopic (exact) mass is 675 g/mol. The van der Waals surface area contributed by atoms with Gasteiger partial charge in [-0.05, 0) is 73.7 Å². The van der Waals surface area contributed by atoms with E-state index in [0.29, 0.717) is 16.5 Å². The van der Waals surface area contributed by atoms with Crippen LogP contribution in [0, 0.1) is 13.8 Å². The molecule has 0 aliphatic carbocycles. The summed E-state index contributed by atoms with van der Waals surface area (Å²) in [5.41, 5.74) is 2.11. The molecule has 3 aromatic rings. The van der Waals surface area contributed by atoms with Crippen LogP contribution in [-0.2, 0) is 14.6 Å². The van der Waals surface area contributed by atoms with E-state index in [1.165, 1.54) is 86.7 Å². The summed E-state index contributed by atoms with van der Waals surface area (Å²) in [4.78, 5) is 25.8. The Morgan fingerprint density at radius 3 is 2.13 bits per heavy atom. The van der Waals surface area contributed by atoms with E-state index in [-0.39, 0.29) is 22.2 Å². The molecular weight excluding hydrogens is 626 g/mol. The van der Waals surface area contributed by atoms with Gasteiger partial charge in [-0.1, -0.05) is 89.7 Å². The molecule has 2 N–H and O–H groups in total. The minimum Gasteiger partial charge on any atom is -0.455 e. The van der Waals surface area contributed by atoms with Crippen LogP contribution in [0.3, 0.4) is 0 Å². The predicted octanol–water partition coefficient (Wildman–Crippen LogP) is 9.23. The van der Waals surface area contributed by atoms with Crippen LogP contribution in [0.25, 0.3) is 5.69 Å². The highest BCUT2D eigenvalue weighted by Crippen LogP contribution is 2.35. The summed E-state index contributed by atoms with van der Waals surface area (Å²) < 4.78 is 36.4. The van der Waals surface area contributed by atoms with Crippen LogP contribution in [0.4, 0.5) is 10.6 Å². The number of hydrogen-bond donors (Lipinski definition) is 2. The lowest BCUT2D eigenvalue weighted by Crippen LogP contribution is -2.25. The number of benzene rings is 2. The third-order valence-corrected chi connectivity index (χ3v) is 9.79. The molecule has 1 heterocycles. The molecule has 254 valence electrons. The van der Waals surface area contributed by atoms with Crippen LogP contribution in [0.15, 0.2) is 46.1 Å². The van der Waals surface area contributed by atoms with Crippen LogP contribution in [-0.4, -0.2) is 36.8 Å². The van der Waals surface area contributed by atoms with Gasteiger partial charge in [0.25, 0.3) is 5.56 Å². The Hall–Kier alpha value is -3.24. The van der Waals surface area contributed by atoms with Gasteiger partial charge in [-0.25, -0.2) is 17.9 Å². The molecule has 9 nitrogen and oxygen atoms in total. The molecule has 46 heavy (non-hydrogen) atoms. The highest BCUT2D eigenvalue weighted by Gasteiger charge is 2.20. The smallest absolute Gasteiger partial charge is 0.415 e. The fourth-order valence-corrected chi connectivity index (χ4v) is 6.21. The first-order chi connectivity index (χ1) is 21.8. The number of hydrogen-bond acceptors (Lipinski definition) is 6. The molecule has 2 aromatic carbocycles.